The van der Waals surface area contributed by atoms with Crippen LogP contribution in [-0.2, 0) is 9.53 Å². The van der Waals surface area contributed by atoms with E-state index in [9.17, 15) is 14.7 Å². The molecule has 7 heteroatoms. The Morgan fingerprint density at radius 1 is 1.50 bits per heavy atom. The van der Waals surface area contributed by atoms with Crippen molar-refractivity contribution >= 4 is 35.2 Å². The highest BCUT2D eigenvalue weighted by molar-refractivity contribution is 7.99. The fourth-order valence-corrected chi connectivity index (χ4v) is 3.54. The Morgan fingerprint density at radius 3 is 2.80 bits per heavy atom. The normalized spacial score (nSPS) is 21.5. The lowest BCUT2D eigenvalue weighted by atomic mass is 9.98. The minimum absolute atomic E-state index is 0.0783. The van der Waals surface area contributed by atoms with Gasteiger partial charge in [0.15, 0.2) is 0 Å². The van der Waals surface area contributed by atoms with Crippen LogP contribution in [0, 0.1) is 0 Å². The van der Waals surface area contributed by atoms with Crippen LogP contribution >= 0.6 is 23.4 Å². The summed E-state index contributed by atoms with van der Waals surface area (Å²) < 4.78 is 4.77. The van der Waals surface area contributed by atoms with Crippen LogP contribution in [0.1, 0.15) is 16.8 Å². The smallest absolute Gasteiger partial charge is 0.332 e. The number of rotatable bonds is 3. The number of halogens is 1. The number of phenolic OH excluding ortho intramolecular Hbond substituents is 1. The molecule has 20 heavy (non-hydrogen) atoms. The van der Waals surface area contributed by atoms with E-state index in [1.165, 1.54) is 25.3 Å². The lowest BCUT2D eigenvalue weighted by Crippen LogP contribution is -2.55. The lowest BCUT2D eigenvalue weighted by molar-refractivity contribution is -0.147. The maximum absolute atomic E-state index is 12.2. The number of nitrogens with one attached hydrogen (secondary N) is 1. The molecule has 1 saturated heterocycles. The number of benzene rings is 1. The van der Waals surface area contributed by atoms with E-state index in [4.69, 9.17) is 16.3 Å². The topological polar surface area (TPSA) is 75.6 Å². The van der Waals surface area contributed by atoms with Gasteiger partial charge in [-0.1, -0.05) is 11.6 Å². The molecule has 0 radical (unpaired) electrons. The van der Waals surface area contributed by atoms with Crippen molar-refractivity contribution in [1.82, 2.24) is 5.32 Å². The van der Waals surface area contributed by atoms with Crippen molar-refractivity contribution in [3.8, 4) is 5.75 Å². The van der Waals surface area contributed by atoms with E-state index in [2.05, 4.69) is 5.32 Å². The Balaban J connectivity index is 2.23. The van der Waals surface area contributed by atoms with Gasteiger partial charge in [0.1, 0.15) is 11.3 Å². The quantitative estimate of drug-likeness (QED) is 0.832. The predicted molar refractivity (Wildman–Crippen MR) is 77.3 cm³/mol. The third-order valence-electron chi connectivity index (χ3n) is 3.15. The third-order valence-corrected chi connectivity index (χ3v) is 4.58. The van der Waals surface area contributed by atoms with Crippen LogP contribution in [0.15, 0.2) is 18.2 Å². The van der Waals surface area contributed by atoms with Gasteiger partial charge >= 0.3 is 5.97 Å². The Kier molecular flexibility index (Phi) is 4.45. The minimum atomic E-state index is -1.03. The molecule has 5 nitrogen and oxygen atoms in total. The molecule has 1 aliphatic rings. The summed E-state index contributed by atoms with van der Waals surface area (Å²) in [6, 6.07) is 4.20. The van der Waals surface area contributed by atoms with Crippen LogP contribution in [-0.4, -0.2) is 41.1 Å². The summed E-state index contributed by atoms with van der Waals surface area (Å²) in [6.45, 7) is 0. The number of ether oxygens (including phenoxy) is 1. The second kappa shape index (κ2) is 5.93. The van der Waals surface area contributed by atoms with Gasteiger partial charge in [0.05, 0.1) is 12.7 Å². The summed E-state index contributed by atoms with van der Waals surface area (Å²) >= 11 is 7.29. The number of methoxy groups -OCH3 is 1. The molecule has 0 aliphatic carbocycles. The molecule has 1 fully saturated rings. The van der Waals surface area contributed by atoms with Gasteiger partial charge in [-0.05, 0) is 30.4 Å². The van der Waals surface area contributed by atoms with Crippen LogP contribution < -0.4 is 5.32 Å². The van der Waals surface area contributed by atoms with Gasteiger partial charge in [-0.3, -0.25) is 4.79 Å². The molecule has 108 valence electrons. The molecule has 1 aromatic rings. The molecule has 1 unspecified atom stereocenters. The average molecular weight is 316 g/mol. The third kappa shape index (κ3) is 2.86. The molecule has 1 aromatic carbocycles. The Hall–Kier alpha value is -1.40. The summed E-state index contributed by atoms with van der Waals surface area (Å²) in [5, 5.41) is 12.8. The number of amides is 1. The Bertz CT molecular complexity index is 543. The lowest BCUT2D eigenvalue weighted by Gasteiger charge is -2.26. The minimum Gasteiger partial charge on any atom is -0.507 e. The highest BCUT2D eigenvalue weighted by Crippen LogP contribution is 2.30. The van der Waals surface area contributed by atoms with E-state index in [0.29, 0.717) is 17.2 Å². The number of hydrogen-bond acceptors (Lipinski definition) is 5. The van der Waals surface area contributed by atoms with Crippen LogP contribution in [0.4, 0.5) is 0 Å². The van der Waals surface area contributed by atoms with Gasteiger partial charge in [0.25, 0.3) is 5.91 Å². The van der Waals surface area contributed by atoms with Gasteiger partial charge in [-0.15, -0.1) is 0 Å². The highest BCUT2D eigenvalue weighted by Gasteiger charge is 2.44. The summed E-state index contributed by atoms with van der Waals surface area (Å²) in [5.41, 5.74) is -0.947. The Morgan fingerprint density at radius 2 is 2.25 bits per heavy atom. The van der Waals surface area contributed by atoms with Crippen molar-refractivity contribution in [3.63, 3.8) is 0 Å². The molecule has 2 rings (SSSR count). The fraction of sp³-hybridized carbons (Fsp3) is 0.385. The highest BCUT2D eigenvalue weighted by atomic mass is 35.5. The zero-order chi connectivity index (χ0) is 14.8. The van der Waals surface area contributed by atoms with E-state index < -0.39 is 17.4 Å². The number of carbonyl (C=O) groups excluding carboxylic acids is 2. The molecule has 0 aromatic heterocycles. The van der Waals surface area contributed by atoms with E-state index in [0.717, 1.165) is 5.75 Å². The van der Waals surface area contributed by atoms with E-state index in [1.807, 2.05) is 0 Å². The second-order valence-corrected chi connectivity index (χ2v) is 6.03. The predicted octanol–water partition coefficient (Wildman–Crippen LogP) is 1.82. The van der Waals surface area contributed by atoms with Gasteiger partial charge in [-0.2, -0.15) is 11.8 Å². The molecule has 2 N–H and O–H groups in total. The first-order valence-corrected chi connectivity index (χ1v) is 7.49. The largest absolute Gasteiger partial charge is 0.507 e. The number of phenols is 1. The molecule has 1 aliphatic heterocycles. The molecule has 1 heterocycles. The number of hydrogen-bond donors (Lipinski definition) is 2. The molecular formula is C13H14ClNO4S. The van der Waals surface area contributed by atoms with Crippen LogP contribution in [0.3, 0.4) is 0 Å². The first kappa shape index (κ1) is 15.0. The first-order chi connectivity index (χ1) is 9.48. The van der Waals surface area contributed by atoms with E-state index in [-0.39, 0.29) is 11.3 Å². The SMILES string of the molecule is COC(=O)C1(NC(=O)c2ccc(Cl)cc2O)CCSC1. The average Bonchev–Trinajstić information content (AvgIpc) is 2.87. The van der Waals surface area contributed by atoms with Crippen molar-refractivity contribution < 1.29 is 19.4 Å². The van der Waals surface area contributed by atoms with Crippen LogP contribution in [0.2, 0.25) is 5.02 Å². The second-order valence-electron chi connectivity index (χ2n) is 4.49. The summed E-state index contributed by atoms with van der Waals surface area (Å²) in [6.07, 6.45) is 0.504. The number of esters is 1. The standard InChI is InChI=1S/C13H14ClNO4S/c1-19-12(18)13(4-5-20-7-13)15-11(17)9-3-2-8(14)6-10(9)16/h2-3,6,16H,4-5,7H2,1H3,(H,15,17). The van der Waals surface area contributed by atoms with Gasteiger partial charge in [0, 0.05) is 10.8 Å². The molecule has 0 bridgehead atoms. The molecule has 1 atom stereocenters. The fourth-order valence-electron chi connectivity index (χ4n) is 2.05. The van der Waals surface area contributed by atoms with E-state index >= 15 is 0 Å². The monoisotopic (exact) mass is 315 g/mol. The van der Waals surface area contributed by atoms with E-state index in [1.54, 1.807) is 11.8 Å². The summed E-state index contributed by atoms with van der Waals surface area (Å²) in [5.74, 6) is 0.0129. The molecule has 0 spiro atoms. The molecule has 0 saturated carbocycles. The summed E-state index contributed by atoms with van der Waals surface area (Å²) in [4.78, 5) is 24.1. The zero-order valence-electron chi connectivity index (χ0n) is 10.8. The maximum atomic E-state index is 12.2. The molecule has 1 amide bonds. The maximum Gasteiger partial charge on any atom is 0.332 e. The number of thioether (sulfide) groups is 1. The zero-order valence-corrected chi connectivity index (χ0v) is 12.4. The van der Waals surface area contributed by atoms with Gasteiger partial charge in [0.2, 0.25) is 0 Å². The van der Waals surface area contributed by atoms with Crippen molar-refractivity contribution in [2.75, 3.05) is 18.6 Å². The molecular weight excluding hydrogens is 302 g/mol. The van der Waals surface area contributed by atoms with Crippen molar-refractivity contribution in [3.05, 3.63) is 28.8 Å². The first-order valence-electron chi connectivity index (χ1n) is 5.96. The van der Waals surface area contributed by atoms with Gasteiger partial charge in [-0.25, -0.2) is 4.79 Å². The summed E-state index contributed by atoms with van der Waals surface area (Å²) in [7, 11) is 1.29. The number of aromatic hydroxyl groups is 1. The number of carbonyl (C=O) groups is 2. The van der Waals surface area contributed by atoms with Gasteiger partial charge < -0.3 is 15.2 Å². The van der Waals surface area contributed by atoms with Crippen LogP contribution in [0.5, 0.6) is 5.75 Å². The van der Waals surface area contributed by atoms with Crippen molar-refractivity contribution in [2.24, 2.45) is 0 Å². The van der Waals surface area contributed by atoms with Crippen molar-refractivity contribution in [2.45, 2.75) is 12.0 Å². The Labute approximate surface area is 125 Å². The van der Waals surface area contributed by atoms with Crippen molar-refractivity contribution in [1.29, 1.82) is 0 Å². The van der Waals surface area contributed by atoms with Crippen LogP contribution in [0.25, 0.3) is 0 Å².